The van der Waals surface area contributed by atoms with Gasteiger partial charge >= 0.3 is 6.18 Å². The minimum Gasteiger partial charge on any atom is -0.394 e. The number of alkyl halides is 3. The number of halogens is 7. The van der Waals surface area contributed by atoms with Crippen molar-refractivity contribution in [2.24, 2.45) is 5.92 Å². The van der Waals surface area contributed by atoms with E-state index in [9.17, 15) is 30.7 Å². The molecule has 2 atom stereocenters. The molecule has 0 radical (unpaired) electrons. The zero-order valence-corrected chi connectivity index (χ0v) is 19.4. The minimum absolute atomic E-state index is 0.0288. The minimum atomic E-state index is -4.43. The van der Waals surface area contributed by atoms with Crippen LogP contribution in [-0.2, 0) is 0 Å². The van der Waals surface area contributed by atoms with E-state index in [4.69, 9.17) is 11.5 Å². The third-order valence-corrected chi connectivity index (χ3v) is 5.31. The van der Waals surface area contributed by atoms with Gasteiger partial charge in [-0.2, -0.15) is 13.2 Å². The molecule has 1 aliphatic rings. The average molecular weight is 498 g/mol. The van der Waals surface area contributed by atoms with E-state index >= 15 is 0 Å². The van der Waals surface area contributed by atoms with Crippen LogP contribution in [0.4, 0.5) is 41.6 Å². The molecule has 2 unspecified atom stereocenters. The second-order valence-electron chi connectivity index (χ2n) is 6.47. The summed E-state index contributed by atoms with van der Waals surface area (Å²) < 4.78 is 95.4. The number of benzene rings is 1. The average Bonchev–Trinajstić information content (AvgIpc) is 3.24. The molecule has 0 aliphatic heterocycles. The molecule has 1 aromatic carbocycles. The van der Waals surface area contributed by atoms with Crippen molar-refractivity contribution in [3.63, 3.8) is 0 Å². The smallest absolute Gasteiger partial charge is 0.394 e. The van der Waals surface area contributed by atoms with Gasteiger partial charge in [-0.05, 0) is 12.8 Å². The largest absolute Gasteiger partial charge is 0.395 e. The summed E-state index contributed by atoms with van der Waals surface area (Å²) in [5, 5.41) is 1.41. The first-order valence-electron chi connectivity index (χ1n) is 10.3. The fraction of sp³-hybridized carbons (Fsp3) is 0.409. The molecule has 0 spiro atoms. The highest BCUT2D eigenvalue weighted by Crippen LogP contribution is 2.40. The Morgan fingerprint density at radius 1 is 1.00 bits per heavy atom. The number of anilines is 2. The molecule has 0 amide bonds. The van der Waals surface area contributed by atoms with Crippen LogP contribution in [-0.4, -0.2) is 11.2 Å². The van der Waals surface area contributed by atoms with Crippen molar-refractivity contribution in [2.75, 3.05) is 11.5 Å². The van der Waals surface area contributed by atoms with E-state index in [0.29, 0.717) is 5.57 Å². The van der Waals surface area contributed by atoms with Crippen molar-refractivity contribution in [1.29, 1.82) is 0 Å². The van der Waals surface area contributed by atoms with Gasteiger partial charge in [0.05, 0.1) is 11.6 Å². The number of hydrogen-bond acceptors (Lipinski definition) is 4. The number of nitrogen functional groups attached to an aromatic ring is 2. The lowest BCUT2D eigenvalue weighted by atomic mass is 9.85. The molecule has 1 heterocycles. The number of aromatic nitrogens is 1. The molecule has 0 saturated carbocycles. The van der Waals surface area contributed by atoms with Crippen molar-refractivity contribution in [1.82, 2.24) is 4.98 Å². The maximum Gasteiger partial charge on any atom is 0.395 e. The van der Waals surface area contributed by atoms with Gasteiger partial charge < -0.3 is 11.5 Å². The van der Waals surface area contributed by atoms with Crippen molar-refractivity contribution in [3.8, 4) is 0 Å². The highest BCUT2D eigenvalue weighted by Gasteiger charge is 2.38. The number of hydrogen-bond donors (Lipinski definition) is 2. The van der Waals surface area contributed by atoms with Gasteiger partial charge in [-0.3, -0.25) is 0 Å². The summed E-state index contributed by atoms with van der Waals surface area (Å²) in [5.74, 6) is -9.89. The van der Waals surface area contributed by atoms with Crippen LogP contribution in [0.25, 0.3) is 0 Å². The maximum atomic E-state index is 14.5. The molecule has 2 aromatic rings. The number of rotatable bonds is 4. The molecule has 1 aliphatic carbocycles. The summed E-state index contributed by atoms with van der Waals surface area (Å²) in [5.41, 5.74) is 8.67. The Kier molecular flexibility index (Phi) is 10.4. The summed E-state index contributed by atoms with van der Waals surface area (Å²) in [6.07, 6.45) is -1.68. The SMILES string of the molecule is CC.CC.Nc1nc(C(CC2=CCC(C(F)(F)F)C=C2)c2c(F)c(F)c(N)c(F)c2F)cs1. The Balaban J connectivity index is 0.00000129. The Bertz CT molecular complexity index is 968. The quantitative estimate of drug-likeness (QED) is 0.261. The van der Waals surface area contributed by atoms with Crippen molar-refractivity contribution in [3.05, 3.63) is 63.7 Å². The zero-order valence-electron chi connectivity index (χ0n) is 18.5. The first-order valence-corrected chi connectivity index (χ1v) is 11.1. The Hall–Kier alpha value is -2.56. The van der Waals surface area contributed by atoms with E-state index in [1.54, 1.807) is 0 Å². The van der Waals surface area contributed by atoms with Crippen LogP contribution in [0.2, 0.25) is 0 Å². The maximum absolute atomic E-state index is 14.5. The topological polar surface area (TPSA) is 64.9 Å². The molecule has 3 rings (SSSR count). The van der Waals surface area contributed by atoms with Crippen molar-refractivity contribution < 1.29 is 30.7 Å². The number of allylic oxidation sites excluding steroid dienone is 4. The predicted octanol–water partition coefficient (Wildman–Crippen LogP) is 7.50. The normalized spacial score (nSPS) is 16.2. The van der Waals surface area contributed by atoms with E-state index in [1.807, 2.05) is 27.7 Å². The summed E-state index contributed by atoms with van der Waals surface area (Å²) >= 11 is 0.940. The predicted molar refractivity (Wildman–Crippen MR) is 118 cm³/mol. The Morgan fingerprint density at radius 3 is 1.94 bits per heavy atom. The van der Waals surface area contributed by atoms with Gasteiger partial charge in [-0.25, -0.2) is 22.5 Å². The van der Waals surface area contributed by atoms with Gasteiger partial charge in [0.2, 0.25) is 0 Å². The Labute approximate surface area is 192 Å². The molecule has 0 fully saturated rings. The van der Waals surface area contributed by atoms with Crippen LogP contribution in [0.5, 0.6) is 0 Å². The van der Waals surface area contributed by atoms with E-state index < -0.39 is 52.5 Å². The van der Waals surface area contributed by atoms with Gasteiger partial charge in [0.1, 0.15) is 5.69 Å². The van der Waals surface area contributed by atoms with Crippen LogP contribution in [0.3, 0.4) is 0 Å². The molecule has 33 heavy (non-hydrogen) atoms. The summed E-state index contributed by atoms with van der Waals surface area (Å²) in [6.45, 7) is 8.00. The van der Waals surface area contributed by atoms with E-state index in [-0.39, 0.29) is 23.7 Å². The first-order chi connectivity index (χ1) is 15.5. The van der Waals surface area contributed by atoms with Crippen LogP contribution in [0.15, 0.2) is 29.2 Å². The molecule has 184 valence electrons. The zero-order chi connectivity index (χ0) is 25.5. The van der Waals surface area contributed by atoms with E-state index in [0.717, 1.165) is 17.4 Å². The fourth-order valence-corrected chi connectivity index (χ4v) is 3.70. The number of nitrogens with zero attached hydrogens (tertiary/aromatic N) is 1. The molecule has 3 nitrogen and oxygen atoms in total. The van der Waals surface area contributed by atoms with E-state index in [2.05, 4.69) is 4.98 Å². The first kappa shape index (κ1) is 28.5. The molecule has 0 bridgehead atoms. The second kappa shape index (κ2) is 12.1. The molecule has 4 N–H and O–H groups in total. The third-order valence-electron chi connectivity index (χ3n) is 4.61. The molecular formula is C22H26F7N3S. The van der Waals surface area contributed by atoms with Crippen LogP contribution in [0, 0.1) is 29.2 Å². The lowest BCUT2D eigenvalue weighted by Crippen LogP contribution is -2.22. The van der Waals surface area contributed by atoms with Crippen molar-refractivity contribution >= 4 is 22.2 Å². The summed E-state index contributed by atoms with van der Waals surface area (Å²) in [4.78, 5) is 3.93. The van der Waals surface area contributed by atoms with Gasteiger partial charge in [-0.15, -0.1) is 11.3 Å². The third kappa shape index (κ3) is 6.49. The lowest BCUT2D eigenvalue weighted by molar-refractivity contribution is -0.160. The summed E-state index contributed by atoms with van der Waals surface area (Å²) in [6, 6.07) is 0. The number of nitrogens with two attached hydrogens (primary N) is 2. The molecule has 0 saturated heterocycles. The summed E-state index contributed by atoms with van der Waals surface area (Å²) in [7, 11) is 0. The van der Waals surface area contributed by atoms with Gasteiger partial charge in [0.25, 0.3) is 0 Å². The van der Waals surface area contributed by atoms with E-state index in [1.165, 1.54) is 17.5 Å². The fourth-order valence-electron chi connectivity index (χ4n) is 3.08. The Morgan fingerprint density at radius 2 is 1.55 bits per heavy atom. The van der Waals surface area contributed by atoms with Gasteiger partial charge in [-0.1, -0.05) is 51.5 Å². The van der Waals surface area contributed by atoms with Crippen LogP contribution >= 0.6 is 11.3 Å². The van der Waals surface area contributed by atoms with Crippen LogP contribution < -0.4 is 11.5 Å². The van der Waals surface area contributed by atoms with Crippen molar-refractivity contribution in [2.45, 2.75) is 52.6 Å². The number of thiazole rings is 1. The monoisotopic (exact) mass is 497 g/mol. The molecular weight excluding hydrogens is 471 g/mol. The van der Waals surface area contributed by atoms with Gasteiger partial charge in [0, 0.05) is 16.9 Å². The van der Waals surface area contributed by atoms with Crippen LogP contribution in [0.1, 0.15) is 57.7 Å². The second-order valence-corrected chi connectivity index (χ2v) is 7.36. The van der Waals surface area contributed by atoms with Gasteiger partial charge in [0.15, 0.2) is 28.4 Å². The highest BCUT2D eigenvalue weighted by molar-refractivity contribution is 7.13. The molecule has 11 heteroatoms. The highest BCUT2D eigenvalue weighted by atomic mass is 32.1. The standard InChI is InChI=1S/C18H14F7N3S.2C2H6/c19-12-11(13(20)15(22)16(26)14(12)21)9(10-6-29-17(27)28-10)5-7-1-3-8(4-2-7)18(23,24)25;2*1-2/h1-3,6,8-9H,4-5,26H2,(H2,27,28);2*1-2H3. The molecule has 1 aromatic heterocycles. The lowest BCUT2D eigenvalue weighted by Gasteiger charge is -2.22.